The largest absolute Gasteiger partial charge is 0.319 e. The van der Waals surface area contributed by atoms with Crippen molar-refractivity contribution < 1.29 is 0 Å². The second-order valence-electron chi connectivity index (χ2n) is 12.2. The van der Waals surface area contributed by atoms with E-state index in [1.165, 1.54) is 0 Å². The Hall–Kier alpha value is -7.39. The Balaban J connectivity index is 1.24. The number of aromatic nitrogens is 2. The van der Waals surface area contributed by atoms with Crippen molar-refractivity contribution in [2.75, 3.05) is 0 Å². The van der Waals surface area contributed by atoms with Crippen molar-refractivity contribution in [2.24, 2.45) is 0 Å². The number of nitriles is 1. The first kappa shape index (κ1) is 28.8. The van der Waals surface area contributed by atoms with Crippen LogP contribution in [0.1, 0.15) is 5.56 Å². The second-order valence-corrected chi connectivity index (χ2v) is 12.2. The molecule has 0 aliphatic carbocycles. The third kappa shape index (κ3) is 4.31. The summed E-state index contributed by atoms with van der Waals surface area (Å²) in [4.78, 5) is 7.82. The van der Waals surface area contributed by atoms with Crippen LogP contribution in [0.4, 0.5) is 11.4 Å². The molecule has 0 bridgehead atoms. The minimum atomic E-state index is 0.557. The molecule has 0 unspecified atom stereocenters. The molecule has 0 atom stereocenters. The topological polar surface area (TPSA) is 42.4 Å². The fraction of sp³-hybridized carbons (Fsp3) is 0. The van der Waals surface area contributed by atoms with Crippen molar-refractivity contribution in [1.29, 1.82) is 5.26 Å². The van der Waals surface area contributed by atoms with Gasteiger partial charge >= 0.3 is 0 Å². The zero-order chi connectivity index (χ0) is 33.8. The lowest BCUT2D eigenvalue weighted by molar-refractivity contribution is 1.18. The van der Waals surface area contributed by atoms with E-state index in [-0.39, 0.29) is 0 Å². The van der Waals surface area contributed by atoms with E-state index in [1.807, 2.05) is 72.8 Å². The number of rotatable bonds is 4. The molecule has 0 fully saturated rings. The van der Waals surface area contributed by atoms with Crippen LogP contribution in [0, 0.1) is 24.5 Å². The molecule has 0 saturated heterocycles. The molecule has 2 heterocycles. The van der Waals surface area contributed by atoms with Crippen LogP contribution in [-0.2, 0) is 0 Å². The molecule has 0 saturated carbocycles. The van der Waals surface area contributed by atoms with Gasteiger partial charge in [0.15, 0.2) is 5.69 Å². The van der Waals surface area contributed by atoms with E-state index < -0.39 is 0 Å². The Morgan fingerprint density at radius 1 is 0.480 bits per heavy atom. The second kappa shape index (κ2) is 11.4. The zero-order valence-corrected chi connectivity index (χ0v) is 26.7. The first-order valence-electron chi connectivity index (χ1n) is 16.2. The van der Waals surface area contributed by atoms with Gasteiger partial charge < -0.3 is 9.13 Å². The molecule has 0 N–H and O–H groups in total. The fourth-order valence-electron chi connectivity index (χ4n) is 7.42. The lowest BCUT2D eigenvalue weighted by atomic mass is 9.96. The first-order valence-corrected chi connectivity index (χ1v) is 16.2. The number of benzene rings is 7. The van der Waals surface area contributed by atoms with Crippen molar-refractivity contribution in [2.45, 2.75) is 0 Å². The van der Waals surface area contributed by atoms with E-state index in [1.54, 1.807) is 0 Å². The van der Waals surface area contributed by atoms with E-state index in [0.717, 1.165) is 77.2 Å². The normalized spacial score (nSPS) is 11.1. The summed E-state index contributed by atoms with van der Waals surface area (Å²) in [7, 11) is 0. The van der Waals surface area contributed by atoms with Crippen molar-refractivity contribution >= 4 is 55.0 Å². The summed E-state index contributed by atoms with van der Waals surface area (Å²) < 4.78 is 4.42. The molecule has 230 valence electrons. The molecule has 0 radical (unpaired) electrons. The highest BCUT2D eigenvalue weighted by Crippen LogP contribution is 2.42. The van der Waals surface area contributed by atoms with Crippen LogP contribution >= 0.6 is 0 Å². The predicted molar refractivity (Wildman–Crippen MR) is 203 cm³/mol. The van der Waals surface area contributed by atoms with Crippen LogP contribution in [0.5, 0.6) is 0 Å². The van der Waals surface area contributed by atoms with E-state index in [4.69, 9.17) is 13.1 Å². The SMILES string of the molecule is [C-]#[N+]c1ccc(-n2c3ccccc3c3cccc([N+]#[C-])c32)cc1-c1cccc(-c2ccccc2-n2c3ccccc3c3cc(C#N)ccc32)c1. The Morgan fingerprint density at radius 2 is 1.12 bits per heavy atom. The Bertz CT molecular complexity index is 2970. The highest BCUT2D eigenvalue weighted by atomic mass is 15.0. The molecular weight excluding hydrogens is 611 g/mol. The molecular formula is C45H25N5. The average molecular weight is 636 g/mol. The molecule has 9 rings (SSSR count). The average Bonchev–Trinajstić information content (AvgIpc) is 3.70. The Labute approximate surface area is 288 Å². The third-order valence-electron chi connectivity index (χ3n) is 9.58. The molecule has 2 aromatic heterocycles. The molecule has 5 heteroatoms. The van der Waals surface area contributed by atoms with Gasteiger partial charge in [0.1, 0.15) is 0 Å². The summed E-state index contributed by atoms with van der Waals surface area (Å²) in [5.41, 5.74) is 11.5. The monoisotopic (exact) mass is 635 g/mol. The molecule has 5 nitrogen and oxygen atoms in total. The van der Waals surface area contributed by atoms with Gasteiger partial charge in [0.05, 0.1) is 52.5 Å². The van der Waals surface area contributed by atoms with Crippen LogP contribution in [0.2, 0.25) is 0 Å². The number of nitrogens with zero attached hydrogens (tertiary/aromatic N) is 5. The van der Waals surface area contributed by atoms with Crippen LogP contribution in [0.25, 0.3) is 86.9 Å². The molecule has 7 aromatic carbocycles. The lowest BCUT2D eigenvalue weighted by Crippen LogP contribution is -1.97. The molecule has 0 amide bonds. The minimum absolute atomic E-state index is 0.557. The van der Waals surface area contributed by atoms with Crippen LogP contribution in [0.15, 0.2) is 152 Å². The maximum Gasteiger partial charge on any atom is 0.211 e. The summed E-state index contributed by atoms with van der Waals surface area (Å²) in [5, 5.41) is 13.9. The molecule has 9 aromatic rings. The van der Waals surface area contributed by atoms with Gasteiger partial charge in [-0.2, -0.15) is 5.26 Å². The number of hydrogen-bond donors (Lipinski definition) is 0. The molecule has 0 spiro atoms. The Kier molecular flexibility index (Phi) is 6.56. The summed E-state index contributed by atoms with van der Waals surface area (Å²) in [5.74, 6) is 0. The van der Waals surface area contributed by atoms with E-state index >= 15 is 0 Å². The molecule has 50 heavy (non-hydrogen) atoms. The predicted octanol–water partition coefficient (Wildman–Crippen LogP) is 12.2. The third-order valence-corrected chi connectivity index (χ3v) is 9.58. The highest BCUT2D eigenvalue weighted by molar-refractivity contribution is 6.13. The quantitative estimate of drug-likeness (QED) is 0.177. The summed E-state index contributed by atoms with van der Waals surface area (Å²) in [6.07, 6.45) is 0. The fourth-order valence-corrected chi connectivity index (χ4v) is 7.42. The minimum Gasteiger partial charge on any atom is -0.319 e. The van der Waals surface area contributed by atoms with Crippen LogP contribution < -0.4 is 0 Å². The molecule has 0 aliphatic heterocycles. The highest BCUT2D eigenvalue weighted by Gasteiger charge is 2.19. The Morgan fingerprint density at radius 3 is 1.90 bits per heavy atom. The first-order chi connectivity index (χ1) is 24.7. The van der Waals surface area contributed by atoms with Crippen LogP contribution in [0.3, 0.4) is 0 Å². The van der Waals surface area contributed by atoms with E-state index in [0.29, 0.717) is 16.9 Å². The zero-order valence-electron chi connectivity index (χ0n) is 26.7. The van der Waals surface area contributed by atoms with Crippen molar-refractivity contribution in [1.82, 2.24) is 9.13 Å². The lowest BCUT2D eigenvalue weighted by Gasteiger charge is -2.16. The van der Waals surface area contributed by atoms with Crippen molar-refractivity contribution in [3.63, 3.8) is 0 Å². The summed E-state index contributed by atoms with van der Waals surface area (Å²) in [6, 6.07) is 53.2. The van der Waals surface area contributed by atoms with Gasteiger partial charge in [-0.05, 0) is 76.7 Å². The van der Waals surface area contributed by atoms with Gasteiger partial charge in [-0.3, -0.25) is 0 Å². The van der Waals surface area contributed by atoms with Gasteiger partial charge in [0, 0.05) is 27.4 Å². The van der Waals surface area contributed by atoms with Gasteiger partial charge in [0.25, 0.3) is 0 Å². The maximum absolute atomic E-state index is 9.64. The van der Waals surface area contributed by atoms with Gasteiger partial charge in [-0.25, -0.2) is 9.69 Å². The summed E-state index contributed by atoms with van der Waals surface area (Å²) >= 11 is 0. The number of fused-ring (bicyclic) bond motifs is 6. The van der Waals surface area contributed by atoms with Gasteiger partial charge in [0.2, 0.25) is 5.69 Å². The van der Waals surface area contributed by atoms with E-state index in [9.17, 15) is 5.26 Å². The standard InChI is InChI=1S/C45H25N5/c1-47-39-23-22-32(49-42-19-7-4-14-34(42)36-16-10-17-40(48-2)45(36)49)27-37(39)31-12-9-11-30(26-31)33-13-3-6-18-41(33)50-43-20-8-5-15-35(43)38-25-29(28-46)21-24-44(38)50/h3-27H. The smallest absolute Gasteiger partial charge is 0.211 e. The van der Waals surface area contributed by atoms with Crippen molar-refractivity contribution in [3.8, 4) is 39.7 Å². The number of para-hydroxylation sites is 4. The van der Waals surface area contributed by atoms with Crippen LogP contribution in [-0.4, -0.2) is 9.13 Å². The summed E-state index contributed by atoms with van der Waals surface area (Å²) in [6.45, 7) is 16.0. The van der Waals surface area contributed by atoms with Crippen molar-refractivity contribution in [3.05, 3.63) is 180 Å². The number of hydrogen-bond acceptors (Lipinski definition) is 1. The maximum atomic E-state index is 9.64. The molecule has 0 aliphatic rings. The van der Waals surface area contributed by atoms with E-state index in [2.05, 4.69) is 104 Å². The van der Waals surface area contributed by atoms with Gasteiger partial charge in [-0.1, -0.05) is 97.1 Å². The van der Waals surface area contributed by atoms with Gasteiger partial charge in [-0.15, -0.1) is 0 Å².